The van der Waals surface area contributed by atoms with Crippen LogP contribution in [0.5, 0.6) is 0 Å². The second-order valence-corrected chi connectivity index (χ2v) is 6.35. The molecule has 0 radical (unpaired) electrons. The zero-order valence-corrected chi connectivity index (χ0v) is 12.8. The number of aryl methyl sites for hydroxylation is 1. The number of anilines is 1. The highest BCUT2D eigenvalue weighted by atomic mass is 16.2. The van der Waals surface area contributed by atoms with Crippen LogP contribution in [-0.2, 0) is 11.2 Å². The average molecular weight is 287 g/mol. The maximum absolute atomic E-state index is 12.3. The maximum atomic E-state index is 12.3. The predicted molar refractivity (Wildman–Crippen MR) is 85.4 cm³/mol. The van der Waals surface area contributed by atoms with Gasteiger partial charge in [0.2, 0.25) is 5.91 Å². The molecule has 2 N–H and O–H groups in total. The quantitative estimate of drug-likeness (QED) is 0.922. The van der Waals surface area contributed by atoms with Gasteiger partial charge in [-0.15, -0.1) is 0 Å². The number of benzene rings is 1. The molecule has 2 heterocycles. The van der Waals surface area contributed by atoms with Crippen LogP contribution in [0.1, 0.15) is 31.7 Å². The Morgan fingerprint density at radius 3 is 2.90 bits per heavy atom. The number of fused-ring (bicyclic) bond motifs is 1. The third-order valence-corrected chi connectivity index (χ3v) is 4.81. The Labute approximate surface area is 126 Å². The molecule has 0 spiro atoms. The van der Waals surface area contributed by atoms with E-state index >= 15 is 0 Å². The van der Waals surface area contributed by atoms with E-state index in [2.05, 4.69) is 36.1 Å². The highest BCUT2D eigenvalue weighted by Gasteiger charge is 2.26. The minimum atomic E-state index is 0.170. The van der Waals surface area contributed by atoms with Gasteiger partial charge < -0.3 is 15.5 Å². The summed E-state index contributed by atoms with van der Waals surface area (Å²) in [6.07, 6.45) is 3.84. The molecule has 3 rings (SSSR count). The van der Waals surface area contributed by atoms with Crippen molar-refractivity contribution in [2.75, 3.05) is 24.5 Å². The first-order valence-corrected chi connectivity index (χ1v) is 8.03. The molecule has 0 aromatic heterocycles. The number of hydrogen-bond donors (Lipinski definition) is 1. The van der Waals surface area contributed by atoms with Gasteiger partial charge in [-0.1, -0.05) is 18.2 Å². The van der Waals surface area contributed by atoms with Crippen LogP contribution in [-0.4, -0.2) is 42.5 Å². The molecule has 2 aliphatic heterocycles. The molecule has 4 nitrogen and oxygen atoms in total. The van der Waals surface area contributed by atoms with Crippen molar-refractivity contribution in [1.82, 2.24) is 4.90 Å². The first-order valence-electron chi connectivity index (χ1n) is 8.03. The molecule has 21 heavy (non-hydrogen) atoms. The topological polar surface area (TPSA) is 49.6 Å². The van der Waals surface area contributed by atoms with Gasteiger partial charge in [-0.2, -0.15) is 0 Å². The normalized spacial score (nSPS) is 25.0. The highest BCUT2D eigenvalue weighted by molar-refractivity contribution is 5.77. The van der Waals surface area contributed by atoms with Crippen molar-refractivity contribution in [3.8, 4) is 0 Å². The molecule has 2 aliphatic rings. The van der Waals surface area contributed by atoms with E-state index in [1.165, 1.54) is 17.7 Å². The number of carbonyl (C=O) groups is 1. The second-order valence-electron chi connectivity index (χ2n) is 6.35. The largest absolute Gasteiger partial charge is 0.368 e. The number of likely N-dealkylation sites (tertiary alicyclic amines) is 1. The van der Waals surface area contributed by atoms with Crippen LogP contribution in [0, 0.1) is 0 Å². The Morgan fingerprint density at radius 1 is 1.33 bits per heavy atom. The van der Waals surface area contributed by atoms with Crippen LogP contribution in [0.15, 0.2) is 24.3 Å². The van der Waals surface area contributed by atoms with Gasteiger partial charge in [0, 0.05) is 43.8 Å². The van der Waals surface area contributed by atoms with Crippen LogP contribution >= 0.6 is 0 Å². The number of carbonyl (C=O) groups excluding carboxylic acids is 1. The summed E-state index contributed by atoms with van der Waals surface area (Å²) in [5.41, 5.74) is 8.60. The lowest BCUT2D eigenvalue weighted by Gasteiger charge is -2.37. The molecule has 0 saturated carbocycles. The zero-order chi connectivity index (χ0) is 14.8. The standard InChI is InChI=1S/C17H25N3O/c1-13-6-7-14-4-2-3-5-16(14)20(13)11-9-17(21)19-10-8-15(18)12-19/h2-5,13,15H,6-12,18H2,1H3/t13?,15-/m0/s1. The molecule has 0 bridgehead atoms. The lowest BCUT2D eigenvalue weighted by atomic mass is 9.96. The molecular formula is C17H25N3O. The van der Waals surface area contributed by atoms with Gasteiger partial charge in [-0.05, 0) is 37.8 Å². The fourth-order valence-corrected chi connectivity index (χ4v) is 3.49. The van der Waals surface area contributed by atoms with Gasteiger partial charge in [-0.25, -0.2) is 0 Å². The van der Waals surface area contributed by atoms with E-state index < -0.39 is 0 Å². The lowest BCUT2D eigenvalue weighted by molar-refractivity contribution is -0.130. The summed E-state index contributed by atoms with van der Waals surface area (Å²) < 4.78 is 0. The second kappa shape index (κ2) is 6.06. The Bertz CT molecular complexity index is 517. The summed E-state index contributed by atoms with van der Waals surface area (Å²) in [5.74, 6) is 0.248. The number of hydrogen-bond acceptors (Lipinski definition) is 3. The lowest BCUT2D eigenvalue weighted by Crippen LogP contribution is -2.40. The number of nitrogens with two attached hydrogens (primary N) is 1. The van der Waals surface area contributed by atoms with E-state index in [4.69, 9.17) is 5.73 Å². The Balaban J connectivity index is 1.63. The monoisotopic (exact) mass is 287 g/mol. The maximum Gasteiger partial charge on any atom is 0.224 e. The van der Waals surface area contributed by atoms with Gasteiger partial charge in [0.05, 0.1) is 0 Å². The van der Waals surface area contributed by atoms with Crippen molar-refractivity contribution in [3.63, 3.8) is 0 Å². The molecule has 1 fully saturated rings. The van der Waals surface area contributed by atoms with E-state index in [-0.39, 0.29) is 11.9 Å². The first kappa shape index (κ1) is 14.4. The van der Waals surface area contributed by atoms with Gasteiger partial charge in [0.25, 0.3) is 0 Å². The third-order valence-electron chi connectivity index (χ3n) is 4.81. The third kappa shape index (κ3) is 3.05. The van der Waals surface area contributed by atoms with E-state index in [1.54, 1.807) is 0 Å². The van der Waals surface area contributed by atoms with Crippen LogP contribution in [0.3, 0.4) is 0 Å². The fourth-order valence-electron chi connectivity index (χ4n) is 3.49. The van der Waals surface area contributed by atoms with Crippen LogP contribution in [0.2, 0.25) is 0 Å². The van der Waals surface area contributed by atoms with Crippen molar-refractivity contribution in [1.29, 1.82) is 0 Å². The summed E-state index contributed by atoms with van der Waals surface area (Å²) in [7, 11) is 0. The van der Waals surface area contributed by atoms with E-state index in [1.807, 2.05) is 4.90 Å². The van der Waals surface area contributed by atoms with Crippen molar-refractivity contribution in [2.24, 2.45) is 5.73 Å². The SMILES string of the molecule is CC1CCc2ccccc2N1CCC(=O)N1CC[C@H](N)C1. The zero-order valence-electron chi connectivity index (χ0n) is 12.8. The molecule has 1 unspecified atom stereocenters. The van der Waals surface area contributed by atoms with Crippen LogP contribution in [0.4, 0.5) is 5.69 Å². The average Bonchev–Trinajstić information content (AvgIpc) is 2.92. The summed E-state index contributed by atoms with van der Waals surface area (Å²) in [5, 5.41) is 0. The summed E-state index contributed by atoms with van der Waals surface area (Å²) in [6, 6.07) is 9.25. The van der Waals surface area contributed by atoms with Gasteiger partial charge >= 0.3 is 0 Å². The molecule has 1 aromatic carbocycles. The minimum absolute atomic E-state index is 0.170. The molecule has 1 amide bonds. The Hall–Kier alpha value is -1.55. The molecule has 114 valence electrons. The number of rotatable bonds is 3. The van der Waals surface area contributed by atoms with Crippen LogP contribution < -0.4 is 10.6 Å². The van der Waals surface area contributed by atoms with Gasteiger partial charge in [0.1, 0.15) is 0 Å². The Morgan fingerprint density at radius 2 is 2.14 bits per heavy atom. The minimum Gasteiger partial charge on any atom is -0.368 e. The molecule has 1 saturated heterocycles. The molecule has 4 heteroatoms. The summed E-state index contributed by atoms with van der Waals surface area (Å²) >= 11 is 0. The van der Waals surface area contributed by atoms with E-state index in [0.29, 0.717) is 12.5 Å². The molecular weight excluding hydrogens is 262 g/mol. The van der Waals surface area contributed by atoms with Gasteiger partial charge in [0.15, 0.2) is 0 Å². The smallest absolute Gasteiger partial charge is 0.224 e. The predicted octanol–water partition coefficient (Wildman–Crippen LogP) is 1.78. The summed E-state index contributed by atoms with van der Waals surface area (Å²) in [6.45, 7) is 4.62. The number of amides is 1. The summed E-state index contributed by atoms with van der Waals surface area (Å²) in [4.78, 5) is 16.6. The number of nitrogens with zero attached hydrogens (tertiary/aromatic N) is 2. The fraction of sp³-hybridized carbons (Fsp3) is 0.588. The van der Waals surface area contributed by atoms with Crippen molar-refractivity contribution in [3.05, 3.63) is 29.8 Å². The van der Waals surface area contributed by atoms with E-state index in [9.17, 15) is 4.79 Å². The van der Waals surface area contributed by atoms with Crippen molar-refractivity contribution in [2.45, 2.75) is 44.7 Å². The first-order chi connectivity index (χ1) is 10.1. The van der Waals surface area contributed by atoms with E-state index in [0.717, 1.165) is 32.5 Å². The number of para-hydroxylation sites is 1. The molecule has 2 atom stereocenters. The highest BCUT2D eigenvalue weighted by Crippen LogP contribution is 2.30. The van der Waals surface area contributed by atoms with Crippen LogP contribution in [0.25, 0.3) is 0 Å². The van der Waals surface area contributed by atoms with Crippen molar-refractivity contribution < 1.29 is 4.79 Å². The molecule has 1 aromatic rings. The Kier molecular flexibility index (Phi) is 4.15. The van der Waals surface area contributed by atoms with Gasteiger partial charge in [-0.3, -0.25) is 4.79 Å². The van der Waals surface area contributed by atoms with Crippen molar-refractivity contribution >= 4 is 11.6 Å². The molecule has 0 aliphatic carbocycles.